The van der Waals surface area contributed by atoms with Crippen molar-refractivity contribution in [1.82, 2.24) is 29.3 Å². The maximum Gasteiger partial charge on any atom is 0.254 e. The lowest BCUT2D eigenvalue weighted by Gasteiger charge is -2.22. The van der Waals surface area contributed by atoms with Gasteiger partial charge in [0.15, 0.2) is 17.8 Å². The van der Waals surface area contributed by atoms with Crippen LogP contribution in [0.1, 0.15) is 26.3 Å². The third-order valence-corrected chi connectivity index (χ3v) is 9.51. The van der Waals surface area contributed by atoms with E-state index in [9.17, 15) is 14.7 Å². The monoisotopic (exact) mass is 635 g/mol. The van der Waals surface area contributed by atoms with Crippen LogP contribution >= 0.6 is 0 Å². The Bertz CT molecular complexity index is 2150. The Hall–Kier alpha value is -5.87. The van der Waals surface area contributed by atoms with Crippen molar-refractivity contribution in [3.63, 3.8) is 0 Å². The minimum Gasteiger partial charge on any atom is -0.507 e. The first-order chi connectivity index (χ1) is 23.4. The summed E-state index contributed by atoms with van der Waals surface area (Å²) in [5.74, 6) is 1.60. The second-order valence-electron chi connectivity index (χ2n) is 12.6. The maximum absolute atomic E-state index is 13.1. The summed E-state index contributed by atoms with van der Waals surface area (Å²) in [5, 5.41) is 10.0. The van der Waals surface area contributed by atoms with Crippen LogP contribution in [0.3, 0.4) is 0 Å². The number of aromatic nitrogens is 4. The van der Waals surface area contributed by atoms with E-state index in [1.165, 1.54) is 17.7 Å². The van der Waals surface area contributed by atoms with Crippen LogP contribution < -0.4 is 5.73 Å². The predicted octanol–water partition coefficient (Wildman–Crippen LogP) is 5.45. The van der Waals surface area contributed by atoms with Gasteiger partial charge in [0.1, 0.15) is 17.1 Å². The minimum absolute atomic E-state index is 0.107. The first kappa shape index (κ1) is 29.5. The van der Waals surface area contributed by atoms with Crippen LogP contribution in [-0.2, 0) is 6.54 Å². The highest BCUT2D eigenvalue weighted by Gasteiger charge is 2.41. The van der Waals surface area contributed by atoms with E-state index in [1.807, 2.05) is 59.5 Å². The van der Waals surface area contributed by atoms with Gasteiger partial charge in [-0.25, -0.2) is 15.0 Å². The van der Waals surface area contributed by atoms with E-state index >= 15 is 0 Å². The molecule has 0 radical (unpaired) electrons. The molecule has 2 aliphatic rings. The van der Waals surface area contributed by atoms with E-state index in [4.69, 9.17) is 15.7 Å². The number of hydrogen-bond acceptors (Lipinski definition) is 8. The summed E-state index contributed by atoms with van der Waals surface area (Å²) in [4.78, 5) is 42.8. The van der Waals surface area contributed by atoms with E-state index in [2.05, 4.69) is 38.7 Å². The molecule has 5 heterocycles. The van der Waals surface area contributed by atoms with Gasteiger partial charge in [-0.3, -0.25) is 19.1 Å². The van der Waals surface area contributed by atoms with Crippen LogP contribution in [0, 0.1) is 11.8 Å². The zero-order valence-electron chi connectivity index (χ0n) is 26.1. The molecule has 1 amide bonds. The summed E-state index contributed by atoms with van der Waals surface area (Å²) in [6.07, 6.45) is 2.26. The Balaban J connectivity index is 1.01. The number of anilines is 1. The van der Waals surface area contributed by atoms with Gasteiger partial charge >= 0.3 is 0 Å². The first-order valence-electron chi connectivity index (χ1n) is 16.0. The Morgan fingerprint density at radius 3 is 2.35 bits per heavy atom. The molecule has 8 rings (SSSR count). The van der Waals surface area contributed by atoms with Crippen LogP contribution in [0.5, 0.6) is 5.75 Å². The summed E-state index contributed by atoms with van der Waals surface area (Å²) < 4.78 is 2.05. The zero-order valence-corrected chi connectivity index (χ0v) is 26.1. The third-order valence-electron chi connectivity index (χ3n) is 9.51. The zero-order chi connectivity index (χ0) is 32.8. The number of pyridine rings is 2. The molecule has 3 aromatic carbocycles. The van der Waals surface area contributed by atoms with Crippen molar-refractivity contribution in [2.75, 3.05) is 31.9 Å². The van der Waals surface area contributed by atoms with Gasteiger partial charge < -0.3 is 15.7 Å². The summed E-state index contributed by atoms with van der Waals surface area (Å²) in [5.41, 5.74) is 13.2. The maximum atomic E-state index is 13.1. The number of carbonyl (C=O) groups excluding carboxylic acids is 2. The molecule has 0 aliphatic carbocycles. The van der Waals surface area contributed by atoms with Crippen molar-refractivity contribution in [3.8, 4) is 34.1 Å². The molecular weight excluding hydrogens is 602 g/mol. The number of phenolic OH excluding ortho intramolecular Hbond substituents is 1. The average Bonchev–Trinajstić information content (AvgIpc) is 3.80. The number of nitrogens with zero attached hydrogens (tertiary/aromatic N) is 6. The summed E-state index contributed by atoms with van der Waals surface area (Å²) >= 11 is 0. The molecule has 3 aromatic heterocycles. The molecular formula is C38H33N7O3. The van der Waals surface area contributed by atoms with Gasteiger partial charge in [0.25, 0.3) is 5.91 Å². The normalized spacial score (nSPS) is 17.5. The van der Waals surface area contributed by atoms with Gasteiger partial charge in [-0.05, 0) is 72.0 Å². The lowest BCUT2D eigenvalue weighted by Crippen LogP contribution is -2.33. The number of fused-ring (bicyclic) bond motifs is 2. The molecule has 2 aliphatic heterocycles. The quantitative estimate of drug-likeness (QED) is 0.222. The van der Waals surface area contributed by atoms with Crippen LogP contribution in [0.15, 0.2) is 103 Å². The van der Waals surface area contributed by atoms with Crippen molar-refractivity contribution >= 4 is 29.2 Å². The molecule has 0 bridgehead atoms. The molecule has 2 saturated heterocycles. The number of benzene rings is 3. The van der Waals surface area contributed by atoms with Crippen molar-refractivity contribution < 1.29 is 14.7 Å². The van der Waals surface area contributed by atoms with Gasteiger partial charge in [0, 0.05) is 55.7 Å². The molecule has 0 spiro atoms. The number of imidazole rings is 1. The SMILES string of the molecule is Nc1ncccc1-c1nc2ccc(-c3ccccc3)nc2n1-c1ccc(CN2C[C@@H]3CN(C(=O)c4ccc(C=O)c(O)c4)C[C@@H]3C2)cc1. The highest BCUT2D eigenvalue weighted by atomic mass is 16.3. The topological polar surface area (TPSA) is 130 Å². The first-order valence-corrected chi connectivity index (χ1v) is 16.0. The van der Waals surface area contributed by atoms with Gasteiger partial charge in [0.05, 0.1) is 16.8 Å². The number of carbonyl (C=O) groups is 2. The van der Waals surface area contributed by atoms with Gasteiger partial charge in [0.2, 0.25) is 0 Å². The molecule has 10 nitrogen and oxygen atoms in total. The number of hydrogen-bond donors (Lipinski definition) is 2. The highest BCUT2D eigenvalue weighted by molar-refractivity contribution is 5.96. The van der Waals surface area contributed by atoms with Crippen LogP contribution in [0.25, 0.3) is 39.5 Å². The molecule has 2 fully saturated rings. The van der Waals surface area contributed by atoms with Crippen molar-refractivity contribution in [3.05, 3.63) is 120 Å². The van der Waals surface area contributed by atoms with Crippen LogP contribution in [-0.4, -0.2) is 72.8 Å². The fraction of sp³-hybridized carbons (Fsp3) is 0.184. The van der Waals surface area contributed by atoms with E-state index in [-0.39, 0.29) is 17.2 Å². The fourth-order valence-corrected chi connectivity index (χ4v) is 7.11. The second-order valence-corrected chi connectivity index (χ2v) is 12.6. The van der Waals surface area contributed by atoms with Crippen LogP contribution in [0.4, 0.5) is 5.82 Å². The minimum atomic E-state index is -0.167. The van der Waals surface area contributed by atoms with E-state index in [1.54, 1.807) is 12.3 Å². The van der Waals surface area contributed by atoms with E-state index in [0.29, 0.717) is 48.4 Å². The summed E-state index contributed by atoms with van der Waals surface area (Å²) in [6, 6.07) is 30.9. The number of aldehydes is 1. The Morgan fingerprint density at radius 2 is 1.65 bits per heavy atom. The van der Waals surface area contributed by atoms with E-state index in [0.717, 1.165) is 53.3 Å². The van der Waals surface area contributed by atoms with Crippen molar-refractivity contribution in [2.24, 2.45) is 11.8 Å². The van der Waals surface area contributed by atoms with E-state index < -0.39 is 0 Å². The molecule has 0 unspecified atom stereocenters. The molecule has 0 saturated carbocycles. The van der Waals surface area contributed by atoms with Gasteiger partial charge in [-0.2, -0.15) is 0 Å². The smallest absolute Gasteiger partial charge is 0.254 e. The average molecular weight is 636 g/mol. The van der Waals surface area contributed by atoms with Crippen molar-refractivity contribution in [2.45, 2.75) is 6.54 Å². The van der Waals surface area contributed by atoms with Crippen molar-refractivity contribution in [1.29, 1.82) is 0 Å². The van der Waals surface area contributed by atoms with Gasteiger partial charge in [-0.15, -0.1) is 0 Å². The molecule has 2 atom stereocenters. The summed E-state index contributed by atoms with van der Waals surface area (Å²) in [7, 11) is 0. The highest BCUT2D eigenvalue weighted by Crippen LogP contribution is 2.35. The Labute approximate surface area is 277 Å². The summed E-state index contributed by atoms with van der Waals surface area (Å²) in [6.45, 7) is 4.00. The molecule has 10 heteroatoms. The Morgan fingerprint density at radius 1 is 0.875 bits per heavy atom. The lowest BCUT2D eigenvalue weighted by molar-refractivity contribution is 0.0772. The number of amides is 1. The number of aromatic hydroxyl groups is 1. The molecule has 6 aromatic rings. The molecule has 3 N–H and O–H groups in total. The number of rotatable bonds is 7. The largest absolute Gasteiger partial charge is 0.507 e. The number of likely N-dealkylation sites (tertiary alicyclic amines) is 2. The predicted molar refractivity (Wildman–Crippen MR) is 184 cm³/mol. The lowest BCUT2D eigenvalue weighted by atomic mass is 10.0. The van der Waals surface area contributed by atoms with Crippen LogP contribution in [0.2, 0.25) is 0 Å². The standard InChI is InChI=1S/C38H33N7O3/c39-35-31(7-4-16-40-35)36-42-33-15-14-32(25-5-2-1-3-6-25)41-37(33)45(36)30-12-8-24(9-13-30)18-43-19-28-21-44(22-29(28)20-43)38(48)26-10-11-27(23-46)34(47)17-26/h1-17,23,28-29,47H,18-22H2,(H2,39,40)/t28-,29+. The van der Waals surface area contributed by atoms with Gasteiger partial charge in [-0.1, -0.05) is 42.5 Å². The molecule has 238 valence electrons. The Kier molecular flexibility index (Phi) is 7.41. The fourth-order valence-electron chi connectivity index (χ4n) is 7.11. The third kappa shape index (κ3) is 5.35. The number of nitrogens with two attached hydrogens (primary N) is 1. The number of nitrogen functional groups attached to an aromatic ring is 1. The number of phenols is 1. The molecule has 48 heavy (non-hydrogen) atoms. The second kappa shape index (κ2) is 12.1.